The monoisotopic (exact) mass is 281 g/mol. The molecule has 0 bridgehead atoms. The zero-order chi connectivity index (χ0) is 14.6. The van der Waals surface area contributed by atoms with Gasteiger partial charge in [-0.3, -0.25) is 4.99 Å². The Morgan fingerprint density at radius 3 is 2.90 bits per heavy atom. The molecule has 0 atom stereocenters. The maximum atomic E-state index is 5.01. The smallest absolute Gasteiger partial charge is 0.191 e. The molecular formula is C14H27N5O. The Morgan fingerprint density at radius 2 is 2.25 bits per heavy atom. The van der Waals surface area contributed by atoms with E-state index in [-0.39, 0.29) is 0 Å². The number of unbranched alkanes of at least 4 members (excludes halogenated alkanes) is 1. The summed E-state index contributed by atoms with van der Waals surface area (Å²) in [5.41, 5.74) is 0. The van der Waals surface area contributed by atoms with Crippen molar-refractivity contribution >= 4 is 5.96 Å². The lowest BCUT2D eigenvalue weighted by Crippen LogP contribution is -2.39. The summed E-state index contributed by atoms with van der Waals surface area (Å²) in [6.07, 6.45) is 6.04. The molecule has 1 rings (SSSR count). The van der Waals surface area contributed by atoms with Crippen LogP contribution in [-0.2, 0) is 11.3 Å². The van der Waals surface area contributed by atoms with Gasteiger partial charge < -0.3 is 19.9 Å². The van der Waals surface area contributed by atoms with Gasteiger partial charge in [0.2, 0.25) is 0 Å². The van der Waals surface area contributed by atoms with Crippen LogP contribution in [0.3, 0.4) is 0 Å². The number of guanidine groups is 1. The van der Waals surface area contributed by atoms with Crippen molar-refractivity contribution in [3.63, 3.8) is 0 Å². The summed E-state index contributed by atoms with van der Waals surface area (Å²) in [5, 5.41) is 6.46. The minimum atomic E-state index is 0.685. The maximum absolute atomic E-state index is 5.01. The number of hydrogen-bond donors (Lipinski definition) is 2. The molecule has 0 spiro atoms. The summed E-state index contributed by atoms with van der Waals surface area (Å²) in [6, 6.07) is 0. The molecule has 0 aliphatic heterocycles. The van der Waals surface area contributed by atoms with Gasteiger partial charge >= 0.3 is 0 Å². The number of imidazole rings is 1. The fourth-order valence-electron chi connectivity index (χ4n) is 1.84. The molecule has 0 aliphatic rings. The molecule has 114 valence electrons. The number of nitrogens with zero attached hydrogens (tertiary/aromatic N) is 3. The molecule has 1 heterocycles. The lowest BCUT2D eigenvalue weighted by atomic mass is 10.3. The Kier molecular flexibility index (Phi) is 8.46. The van der Waals surface area contributed by atoms with Gasteiger partial charge in [0.1, 0.15) is 5.82 Å². The summed E-state index contributed by atoms with van der Waals surface area (Å²) >= 11 is 0. The average Bonchev–Trinajstić information content (AvgIpc) is 2.84. The van der Waals surface area contributed by atoms with E-state index in [1.165, 1.54) is 0 Å². The SMILES string of the molecule is CCNC(=NCCCCn1ccnc1C)NCCOC. The van der Waals surface area contributed by atoms with Crippen molar-refractivity contribution in [1.29, 1.82) is 0 Å². The predicted octanol–water partition coefficient (Wildman–Crippen LogP) is 1.17. The molecule has 0 radical (unpaired) electrons. The van der Waals surface area contributed by atoms with Gasteiger partial charge in [-0.1, -0.05) is 0 Å². The first-order chi connectivity index (χ1) is 9.77. The van der Waals surface area contributed by atoms with Gasteiger partial charge in [0, 0.05) is 45.7 Å². The fourth-order valence-corrected chi connectivity index (χ4v) is 1.84. The maximum Gasteiger partial charge on any atom is 0.191 e. The van der Waals surface area contributed by atoms with Gasteiger partial charge in [-0.25, -0.2) is 4.98 Å². The van der Waals surface area contributed by atoms with Crippen LogP contribution in [0, 0.1) is 6.92 Å². The van der Waals surface area contributed by atoms with Crippen molar-refractivity contribution in [2.24, 2.45) is 4.99 Å². The van der Waals surface area contributed by atoms with E-state index in [1.807, 2.05) is 19.3 Å². The third kappa shape index (κ3) is 6.56. The second-order valence-electron chi connectivity index (χ2n) is 4.56. The molecule has 2 N–H and O–H groups in total. The first kappa shape index (κ1) is 16.5. The van der Waals surface area contributed by atoms with Gasteiger partial charge in [0.15, 0.2) is 5.96 Å². The summed E-state index contributed by atoms with van der Waals surface area (Å²) < 4.78 is 7.18. The van der Waals surface area contributed by atoms with Crippen LogP contribution in [0.5, 0.6) is 0 Å². The van der Waals surface area contributed by atoms with Crippen LogP contribution in [0.25, 0.3) is 0 Å². The molecular weight excluding hydrogens is 254 g/mol. The van der Waals surface area contributed by atoms with Crippen molar-refractivity contribution in [3.05, 3.63) is 18.2 Å². The highest BCUT2D eigenvalue weighted by Gasteiger charge is 1.97. The normalized spacial score (nSPS) is 11.7. The summed E-state index contributed by atoms with van der Waals surface area (Å²) in [6.45, 7) is 8.26. The van der Waals surface area contributed by atoms with E-state index >= 15 is 0 Å². The molecule has 20 heavy (non-hydrogen) atoms. The number of aryl methyl sites for hydroxylation is 2. The minimum Gasteiger partial charge on any atom is -0.383 e. The Balaban J connectivity index is 2.20. The number of nitrogens with one attached hydrogen (secondary N) is 2. The second kappa shape index (κ2) is 10.3. The van der Waals surface area contributed by atoms with Gasteiger partial charge in [0.05, 0.1) is 6.61 Å². The van der Waals surface area contributed by atoms with Crippen LogP contribution in [0.4, 0.5) is 0 Å². The van der Waals surface area contributed by atoms with Crippen LogP contribution in [0.15, 0.2) is 17.4 Å². The zero-order valence-electron chi connectivity index (χ0n) is 12.9. The fraction of sp³-hybridized carbons (Fsp3) is 0.714. The first-order valence-electron chi connectivity index (χ1n) is 7.26. The highest BCUT2D eigenvalue weighted by molar-refractivity contribution is 5.79. The number of hydrogen-bond acceptors (Lipinski definition) is 3. The number of aromatic nitrogens is 2. The Labute approximate surface area is 121 Å². The molecule has 0 aliphatic carbocycles. The Morgan fingerprint density at radius 1 is 1.40 bits per heavy atom. The largest absolute Gasteiger partial charge is 0.383 e. The van der Waals surface area contributed by atoms with E-state index in [0.717, 1.165) is 50.8 Å². The first-order valence-corrected chi connectivity index (χ1v) is 7.26. The minimum absolute atomic E-state index is 0.685. The summed E-state index contributed by atoms with van der Waals surface area (Å²) in [5.74, 6) is 1.94. The van der Waals surface area contributed by atoms with Crippen LogP contribution in [0.2, 0.25) is 0 Å². The molecule has 0 unspecified atom stereocenters. The third-order valence-corrected chi connectivity index (χ3v) is 2.94. The highest BCUT2D eigenvalue weighted by atomic mass is 16.5. The number of aliphatic imine (C=N–C) groups is 1. The lowest BCUT2D eigenvalue weighted by Gasteiger charge is -2.10. The van der Waals surface area contributed by atoms with E-state index < -0.39 is 0 Å². The molecule has 6 nitrogen and oxygen atoms in total. The second-order valence-corrected chi connectivity index (χ2v) is 4.56. The lowest BCUT2D eigenvalue weighted by molar-refractivity contribution is 0.203. The van der Waals surface area contributed by atoms with Crippen LogP contribution < -0.4 is 10.6 Å². The molecule has 0 saturated carbocycles. The molecule has 6 heteroatoms. The molecule has 0 aromatic carbocycles. The highest BCUT2D eigenvalue weighted by Crippen LogP contribution is 1.99. The van der Waals surface area contributed by atoms with Gasteiger partial charge in [-0.05, 0) is 26.7 Å². The Bertz CT molecular complexity index is 389. The third-order valence-electron chi connectivity index (χ3n) is 2.94. The van der Waals surface area contributed by atoms with E-state index in [4.69, 9.17) is 4.74 Å². The summed E-state index contributed by atoms with van der Waals surface area (Å²) in [7, 11) is 1.70. The quantitative estimate of drug-likeness (QED) is 0.405. The van der Waals surface area contributed by atoms with Crippen molar-refractivity contribution in [3.8, 4) is 0 Å². The number of rotatable bonds is 9. The molecule has 1 aromatic rings. The van der Waals surface area contributed by atoms with E-state index in [9.17, 15) is 0 Å². The van der Waals surface area contributed by atoms with Gasteiger partial charge in [-0.2, -0.15) is 0 Å². The molecule has 0 amide bonds. The standard InChI is InChI=1S/C14H27N5O/c1-4-15-14(18-9-12-20-3)17-7-5-6-10-19-11-8-16-13(19)2/h8,11H,4-7,9-10,12H2,1-3H3,(H2,15,17,18). The molecule has 0 saturated heterocycles. The van der Waals surface area contributed by atoms with Crippen LogP contribution in [-0.4, -0.2) is 48.9 Å². The number of methoxy groups -OCH3 is 1. The van der Waals surface area contributed by atoms with E-state index in [2.05, 4.69) is 32.1 Å². The van der Waals surface area contributed by atoms with Gasteiger partial charge in [0.25, 0.3) is 0 Å². The molecule has 1 aromatic heterocycles. The average molecular weight is 281 g/mol. The van der Waals surface area contributed by atoms with Gasteiger partial charge in [-0.15, -0.1) is 0 Å². The van der Waals surface area contributed by atoms with Crippen LogP contribution in [0.1, 0.15) is 25.6 Å². The molecule has 0 fully saturated rings. The Hall–Kier alpha value is -1.56. The van der Waals surface area contributed by atoms with E-state index in [1.54, 1.807) is 7.11 Å². The van der Waals surface area contributed by atoms with Crippen molar-refractivity contribution in [2.45, 2.75) is 33.2 Å². The van der Waals surface area contributed by atoms with E-state index in [0.29, 0.717) is 6.61 Å². The number of ether oxygens (including phenoxy) is 1. The zero-order valence-corrected chi connectivity index (χ0v) is 12.9. The predicted molar refractivity (Wildman–Crippen MR) is 82.1 cm³/mol. The van der Waals surface area contributed by atoms with Crippen molar-refractivity contribution in [1.82, 2.24) is 20.2 Å². The van der Waals surface area contributed by atoms with Crippen molar-refractivity contribution < 1.29 is 4.74 Å². The van der Waals surface area contributed by atoms with Crippen molar-refractivity contribution in [2.75, 3.05) is 33.4 Å². The summed E-state index contributed by atoms with van der Waals surface area (Å²) in [4.78, 5) is 8.75. The van der Waals surface area contributed by atoms with Crippen LogP contribution >= 0.6 is 0 Å². The topological polar surface area (TPSA) is 63.5 Å².